The maximum Gasteiger partial charge on any atom is 0.338 e. The number of carbonyl (C=O) groups is 1. The van der Waals surface area contributed by atoms with Crippen LogP contribution in [0.15, 0.2) is 46.7 Å². The molecule has 3 heterocycles. The molecular weight excluding hydrogens is 485 g/mol. The molecule has 1 unspecified atom stereocenters. The standard InChI is InChI=1S/C24H24ClF3N4O3/c1-35-24(34)20-19(11-32-6-2-3-13(10-32)12-33)30-23(22-18(28)8-15(27)9-29-22)31-21(20)16-5-4-14(26)7-17(16)25/h4-5,7-9,13,21,33H,2-3,6,10-12H2,1H3,(H,30,31)/t13?,21-/m0/s1. The van der Waals surface area contributed by atoms with Crippen LogP contribution in [0.25, 0.3) is 0 Å². The van der Waals surface area contributed by atoms with Crippen LogP contribution < -0.4 is 5.32 Å². The number of esters is 1. The van der Waals surface area contributed by atoms with Crippen molar-refractivity contribution in [3.8, 4) is 0 Å². The molecule has 0 aliphatic carbocycles. The van der Waals surface area contributed by atoms with Gasteiger partial charge in [0.25, 0.3) is 0 Å². The molecule has 1 saturated heterocycles. The lowest BCUT2D eigenvalue weighted by Gasteiger charge is -2.35. The Hall–Kier alpha value is -2.95. The predicted octanol–water partition coefficient (Wildman–Crippen LogP) is 3.37. The van der Waals surface area contributed by atoms with E-state index in [4.69, 9.17) is 16.3 Å². The summed E-state index contributed by atoms with van der Waals surface area (Å²) in [5.41, 5.74) is 0.553. The van der Waals surface area contributed by atoms with Crippen LogP contribution in [0.3, 0.4) is 0 Å². The molecule has 11 heteroatoms. The summed E-state index contributed by atoms with van der Waals surface area (Å²) in [6.07, 6.45) is 2.60. The zero-order valence-electron chi connectivity index (χ0n) is 18.9. The molecule has 1 aromatic carbocycles. The van der Waals surface area contributed by atoms with Crippen molar-refractivity contribution in [1.82, 2.24) is 15.2 Å². The van der Waals surface area contributed by atoms with Gasteiger partial charge in [0.1, 0.15) is 23.4 Å². The SMILES string of the molecule is COC(=O)C1=C(CN2CCCC(CO)C2)NC(c2ncc(F)cc2F)=N[C@H]1c1ccc(F)cc1Cl. The van der Waals surface area contributed by atoms with E-state index in [1.165, 1.54) is 19.2 Å². The Morgan fingerprint density at radius 3 is 2.77 bits per heavy atom. The van der Waals surface area contributed by atoms with Crippen LogP contribution >= 0.6 is 11.6 Å². The zero-order valence-corrected chi connectivity index (χ0v) is 19.7. The summed E-state index contributed by atoms with van der Waals surface area (Å²) in [4.78, 5) is 23.3. The molecular formula is C24H24ClF3N4O3. The second kappa shape index (κ2) is 10.8. The molecule has 2 aliphatic heterocycles. The minimum absolute atomic E-state index is 0.0200. The van der Waals surface area contributed by atoms with Crippen molar-refractivity contribution in [2.45, 2.75) is 18.9 Å². The fraction of sp³-hybridized carbons (Fsp3) is 0.375. The molecule has 0 radical (unpaired) electrons. The fourth-order valence-electron chi connectivity index (χ4n) is 4.40. The molecule has 1 fully saturated rings. The van der Waals surface area contributed by atoms with Crippen molar-refractivity contribution >= 4 is 23.4 Å². The number of piperidine rings is 1. The van der Waals surface area contributed by atoms with Gasteiger partial charge >= 0.3 is 5.97 Å². The lowest BCUT2D eigenvalue weighted by atomic mass is 9.94. The summed E-state index contributed by atoms with van der Waals surface area (Å²) in [6.45, 7) is 1.58. The Morgan fingerprint density at radius 2 is 2.09 bits per heavy atom. The Balaban J connectivity index is 1.83. The average molecular weight is 509 g/mol. The third-order valence-corrected chi connectivity index (χ3v) is 6.39. The number of aliphatic hydroxyl groups is 1. The van der Waals surface area contributed by atoms with Crippen LogP contribution in [0, 0.1) is 23.4 Å². The van der Waals surface area contributed by atoms with Crippen LogP contribution in [0.5, 0.6) is 0 Å². The Kier molecular flexibility index (Phi) is 7.73. The number of pyridine rings is 1. The lowest BCUT2D eigenvalue weighted by molar-refractivity contribution is -0.136. The third-order valence-electron chi connectivity index (χ3n) is 6.06. The normalized spacial score (nSPS) is 20.9. The number of ether oxygens (including phenoxy) is 1. The van der Waals surface area contributed by atoms with E-state index in [0.717, 1.165) is 25.1 Å². The summed E-state index contributed by atoms with van der Waals surface area (Å²) in [5.74, 6) is -3.01. The number of benzene rings is 1. The molecule has 2 aromatic rings. The van der Waals surface area contributed by atoms with Crippen LogP contribution in [0.1, 0.15) is 30.1 Å². The Morgan fingerprint density at radius 1 is 1.29 bits per heavy atom. The van der Waals surface area contributed by atoms with E-state index < -0.39 is 29.5 Å². The number of likely N-dealkylation sites (tertiary alicyclic amines) is 1. The first-order valence-corrected chi connectivity index (χ1v) is 11.4. The third kappa shape index (κ3) is 5.50. The van der Waals surface area contributed by atoms with Crippen molar-refractivity contribution in [1.29, 1.82) is 0 Å². The quantitative estimate of drug-likeness (QED) is 0.582. The molecule has 0 bridgehead atoms. The first-order valence-electron chi connectivity index (χ1n) is 11.1. The maximum absolute atomic E-state index is 14.7. The molecule has 0 saturated carbocycles. The highest BCUT2D eigenvalue weighted by atomic mass is 35.5. The number of hydrogen-bond acceptors (Lipinski definition) is 7. The van der Waals surface area contributed by atoms with Gasteiger partial charge in [-0.15, -0.1) is 0 Å². The maximum atomic E-state index is 14.7. The summed E-state index contributed by atoms with van der Waals surface area (Å²) in [5, 5.41) is 12.6. The second-order valence-corrected chi connectivity index (χ2v) is 8.87. The highest BCUT2D eigenvalue weighted by Crippen LogP contribution is 2.37. The number of aromatic nitrogens is 1. The van der Waals surface area contributed by atoms with Gasteiger partial charge in [-0.2, -0.15) is 0 Å². The number of aliphatic imine (C=N–C) groups is 1. The van der Waals surface area contributed by atoms with Gasteiger partial charge < -0.3 is 15.2 Å². The van der Waals surface area contributed by atoms with Gasteiger partial charge in [0, 0.05) is 42.0 Å². The van der Waals surface area contributed by atoms with Crippen LogP contribution in [0.4, 0.5) is 13.2 Å². The number of methoxy groups -OCH3 is 1. The monoisotopic (exact) mass is 508 g/mol. The van der Waals surface area contributed by atoms with Gasteiger partial charge in [-0.1, -0.05) is 17.7 Å². The molecule has 35 heavy (non-hydrogen) atoms. The molecule has 4 rings (SSSR count). The van der Waals surface area contributed by atoms with E-state index in [0.29, 0.717) is 30.4 Å². The number of rotatable bonds is 6. The summed E-state index contributed by atoms with van der Waals surface area (Å²) in [7, 11) is 1.22. The average Bonchev–Trinajstić information content (AvgIpc) is 2.83. The van der Waals surface area contributed by atoms with Crippen molar-refractivity contribution in [2.24, 2.45) is 10.9 Å². The molecule has 1 aromatic heterocycles. The van der Waals surface area contributed by atoms with Crippen LogP contribution in [0.2, 0.25) is 5.02 Å². The van der Waals surface area contributed by atoms with Gasteiger partial charge in [-0.25, -0.2) is 22.9 Å². The fourth-order valence-corrected chi connectivity index (χ4v) is 4.67. The van der Waals surface area contributed by atoms with E-state index in [2.05, 4.69) is 20.2 Å². The van der Waals surface area contributed by atoms with Crippen molar-refractivity contribution in [3.05, 3.63) is 75.5 Å². The highest BCUT2D eigenvalue weighted by Gasteiger charge is 2.35. The first-order chi connectivity index (χ1) is 16.8. The Labute approximate surface area is 205 Å². The van der Waals surface area contributed by atoms with Crippen molar-refractivity contribution in [3.63, 3.8) is 0 Å². The van der Waals surface area contributed by atoms with Crippen LogP contribution in [-0.4, -0.2) is 60.1 Å². The number of nitrogens with one attached hydrogen (secondary N) is 1. The predicted molar refractivity (Wildman–Crippen MR) is 123 cm³/mol. The largest absolute Gasteiger partial charge is 0.466 e. The number of halogens is 4. The smallest absolute Gasteiger partial charge is 0.338 e. The van der Waals surface area contributed by atoms with Crippen molar-refractivity contribution < 1.29 is 27.8 Å². The second-order valence-electron chi connectivity index (χ2n) is 8.46. The van der Waals surface area contributed by atoms with E-state index in [-0.39, 0.29) is 41.2 Å². The van der Waals surface area contributed by atoms with E-state index in [1.54, 1.807) is 0 Å². The summed E-state index contributed by atoms with van der Waals surface area (Å²) >= 11 is 6.32. The minimum atomic E-state index is -1.06. The highest BCUT2D eigenvalue weighted by molar-refractivity contribution is 6.31. The van der Waals surface area contributed by atoms with Gasteiger partial charge in [-0.05, 0) is 37.4 Å². The number of aliphatic hydroxyl groups excluding tert-OH is 1. The van der Waals surface area contributed by atoms with Gasteiger partial charge in [-0.3, -0.25) is 9.89 Å². The molecule has 7 nitrogen and oxygen atoms in total. The van der Waals surface area contributed by atoms with Crippen LogP contribution in [-0.2, 0) is 9.53 Å². The number of carbonyl (C=O) groups excluding carboxylic acids is 1. The van der Waals surface area contributed by atoms with E-state index >= 15 is 0 Å². The molecule has 186 valence electrons. The summed E-state index contributed by atoms with van der Waals surface area (Å²) < 4.78 is 47.0. The van der Waals surface area contributed by atoms with Gasteiger partial charge in [0.15, 0.2) is 11.7 Å². The Bertz CT molecular complexity index is 1190. The van der Waals surface area contributed by atoms with Crippen molar-refractivity contribution in [2.75, 3.05) is 33.4 Å². The molecule has 2 aliphatic rings. The van der Waals surface area contributed by atoms with E-state index in [1.807, 2.05) is 0 Å². The zero-order chi connectivity index (χ0) is 25.1. The van der Waals surface area contributed by atoms with Gasteiger partial charge in [0.2, 0.25) is 0 Å². The number of amidine groups is 1. The number of hydrogen-bond donors (Lipinski definition) is 2. The minimum Gasteiger partial charge on any atom is -0.466 e. The molecule has 2 atom stereocenters. The molecule has 2 N–H and O–H groups in total. The summed E-state index contributed by atoms with van der Waals surface area (Å²) in [6, 6.07) is 3.29. The molecule has 0 spiro atoms. The van der Waals surface area contributed by atoms with E-state index in [9.17, 15) is 23.1 Å². The lowest BCUT2D eigenvalue weighted by Crippen LogP contribution is -2.43. The number of nitrogens with zero attached hydrogens (tertiary/aromatic N) is 3. The topological polar surface area (TPSA) is 87.0 Å². The first kappa shape index (κ1) is 25.2. The van der Waals surface area contributed by atoms with Gasteiger partial charge in [0.05, 0.1) is 18.9 Å². The molecule has 0 amide bonds.